The molecule has 0 bridgehead atoms. The fourth-order valence-corrected chi connectivity index (χ4v) is 2.78. The van der Waals surface area contributed by atoms with Crippen molar-refractivity contribution in [2.24, 2.45) is 0 Å². The zero-order chi connectivity index (χ0) is 20.0. The molecule has 0 heterocycles. The number of rotatable bonds is 8. The maximum atomic E-state index is 12.9. The number of methoxy groups -OCH3 is 3. The molecule has 2 aromatic carbocycles. The van der Waals surface area contributed by atoms with Gasteiger partial charge in [0.25, 0.3) is 5.91 Å². The third-order valence-electron chi connectivity index (χ3n) is 4.26. The normalized spacial score (nSPS) is 11.4. The summed E-state index contributed by atoms with van der Waals surface area (Å²) >= 11 is 0. The van der Waals surface area contributed by atoms with E-state index in [4.69, 9.17) is 14.2 Å². The van der Waals surface area contributed by atoms with Crippen molar-refractivity contribution in [3.05, 3.63) is 53.6 Å². The summed E-state index contributed by atoms with van der Waals surface area (Å²) in [6, 6.07) is 11.2. The van der Waals surface area contributed by atoms with Crippen LogP contribution in [0.25, 0.3) is 0 Å². The van der Waals surface area contributed by atoms with Crippen LogP contribution in [0.3, 0.4) is 0 Å². The molecule has 0 aliphatic heterocycles. The first-order valence-corrected chi connectivity index (χ1v) is 8.26. The maximum absolute atomic E-state index is 12.9. The largest absolute Gasteiger partial charge is 0.493 e. The number of ether oxygens (including phenoxy) is 3. The van der Waals surface area contributed by atoms with Crippen molar-refractivity contribution in [3.8, 4) is 17.2 Å². The van der Waals surface area contributed by atoms with Gasteiger partial charge in [-0.05, 0) is 17.7 Å². The number of carboxylic acids is 1. The topological polar surface area (TPSA) is 85.3 Å². The third kappa shape index (κ3) is 4.49. The first-order valence-electron chi connectivity index (χ1n) is 8.26. The Bertz CT molecular complexity index is 780. The number of amides is 1. The number of carbonyl (C=O) groups excluding carboxylic acids is 1. The molecule has 0 spiro atoms. The molecule has 0 fully saturated rings. The van der Waals surface area contributed by atoms with Crippen LogP contribution >= 0.6 is 0 Å². The molecule has 1 atom stereocenters. The molecule has 0 aliphatic carbocycles. The summed E-state index contributed by atoms with van der Waals surface area (Å²) < 4.78 is 15.8. The molecular weight excluding hydrogens is 350 g/mol. The van der Waals surface area contributed by atoms with Gasteiger partial charge in [0, 0.05) is 19.0 Å². The Morgan fingerprint density at radius 3 is 2.00 bits per heavy atom. The molecule has 0 aromatic heterocycles. The Morgan fingerprint density at radius 2 is 1.56 bits per heavy atom. The van der Waals surface area contributed by atoms with Crippen molar-refractivity contribution < 1.29 is 28.9 Å². The zero-order valence-electron chi connectivity index (χ0n) is 15.8. The lowest BCUT2D eigenvalue weighted by molar-refractivity contribution is -0.141. The number of nitrogens with zero attached hydrogens (tertiary/aromatic N) is 1. The van der Waals surface area contributed by atoms with Gasteiger partial charge in [0.05, 0.1) is 21.3 Å². The highest BCUT2D eigenvalue weighted by molar-refractivity contribution is 5.97. The molecule has 2 aromatic rings. The molecule has 144 valence electrons. The summed E-state index contributed by atoms with van der Waals surface area (Å²) in [5.74, 6) is -0.537. The Hall–Kier alpha value is -3.22. The van der Waals surface area contributed by atoms with Crippen LogP contribution in [0.5, 0.6) is 17.2 Å². The number of hydrogen-bond acceptors (Lipinski definition) is 5. The van der Waals surface area contributed by atoms with Gasteiger partial charge in [-0.2, -0.15) is 0 Å². The SMILES string of the molecule is COc1cc(C(=O)N(C)C(Cc2ccccc2)C(=O)O)cc(OC)c1OC. The molecule has 27 heavy (non-hydrogen) atoms. The van der Waals surface area contributed by atoms with Gasteiger partial charge in [-0.25, -0.2) is 4.79 Å². The zero-order valence-corrected chi connectivity index (χ0v) is 15.8. The Balaban J connectivity index is 2.35. The van der Waals surface area contributed by atoms with Gasteiger partial charge in [-0.3, -0.25) is 4.79 Å². The van der Waals surface area contributed by atoms with Crippen molar-refractivity contribution in [3.63, 3.8) is 0 Å². The van der Waals surface area contributed by atoms with E-state index < -0.39 is 17.9 Å². The lowest BCUT2D eigenvalue weighted by Crippen LogP contribution is -2.43. The predicted octanol–water partition coefficient (Wildman–Crippen LogP) is 2.48. The number of benzene rings is 2. The maximum Gasteiger partial charge on any atom is 0.326 e. The second-order valence-corrected chi connectivity index (χ2v) is 5.87. The fourth-order valence-electron chi connectivity index (χ4n) is 2.78. The van der Waals surface area contributed by atoms with Crippen LogP contribution in [0.15, 0.2) is 42.5 Å². The van der Waals surface area contributed by atoms with Crippen molar-refractivity contribution in [2.45, 2.75) is 12.5 Å². The van der Waals surface area contributed by atoms with Gasteiger partial charge < -0.3 is 24.2 Å². The van der Waals surface area contributed by atoms with Crippen LogP contribution in [-0.2, 0) is 11.2 Å². The van der Waals surface area contributed by atoms with E-state index >= 15 is 0 Å². The van der Waals surface area contributed by atoms with E-state index in [0.717, 1.165) is 5.56 Å². The minimum atomic E-state index is -1.08. The van der Waals surface area contributed by atoms with Crippen molar-refractivity contribution in [1.29, 1.82) is 0 Å². The van der Waals surface area contributed by atoms with Crippen LogP contribution in [0.1, 0.15) is 15.9 Å². The van der Waals surface area contributed by atoms with E-state index in [1.54, 1.807) is 0 Å². The Kier molecular flexibility index (Phi) is 6.65. The minimum absolute atomic E-state index is 0.197. The number of likely N-dealkylation sites (N-methyl/N-ethyl adjacent to an activating group) is 1. The molecule has 0 saturated heterocycles. The lowest BCUT2D eigenvalue weighted by atomic mass is 10.0. The van der Waals surface area contributed by atoms with E-state index in [0.29, 0.717) is 17.2 Å². The van der Waals surface area contributed by atoms with Crippen molar-refractivity contribution >= 4 is 11.9 Å². The average molecular weight is 373 g/mol. The van der Waals surface area contributed by atoms with Crippen molar-refractivity contribution in [2.75, 3.05) is 28.4 Å². The smallest absolute Gasteiger partial charge is 0.326 e. The summed E-state index contributed by atoms with van der Waals surface area (Å²) in [6.07, 6.45) is 0.197. The quantitative estimate of drug-likeness (QED) is 0.765. The van der Waals surface area contributed by atoms with Crippen LogP contribution in [0.2, 0.25) is 0 Å². The van der Waals surface area contributed by atoms with Gasteiger partial charge in [-0.15, -0.1) is 0 Å². The number of carboxylic acid groups (broad SMARTS) is 1. The number of aliphatic carboxylic acids is 1. The molecule has 0 aliphatic rings. The molecule has 7 nitrogen and oxygen atoms in total. The monoisotopic (exact) mass is 373 g/mol. The molecule has 1 N–H and O–H groups in total. The standard InChI is InChI=1S/C20H23NO6/c1-21(15(20(23)24)10-13-8-6-5-7-9-13)19(22)14-11-16(25-2)18(27-4)17(12-14)26-3/h5-9,11-12,15H,10H2,1-4H3,(H,23,24). The van der Waals surface area contributed by atoms with Crippen molar-refractivity contribution in [1.82, 2.24) is 4.90 Å². The summed E-state index contributed by atoms with van der Waals surface area (Å²) in [6.45, 7) is 0. The first kappa shape index (κ1) is 20.1. The lowest BCUT2D eigenvalue weighted by Gasteiger charge is -2.25. The molecule has 7 heteroatoms. The van der Waals surface area contributed by atoms with E-state index in [9.17, 15) is 14.7 Å². The Morgan fingerprint density at radius 1 is 1.00 bits per heavy atom. The van der Waals surface area contributed by atoms with Crippen LogP contribution < -0.4 is 14.2 Å². The highest BCUT2D eigenvalue weighted by Crippen LogP contribution is 2.38. The van der Waals surface area contributed by atoms with Gasteiger partial charge in [0.15, 0.2) is 11.5 Å². The summed E-state index contributed by atoms with van der Waals surface area (Å²) in [5, 5.41) is 9.62. The number of carbonyl (C=O) groups is 2. The third-order valence-corrected chi connectivity index (χ3v) is 4.26. The fraction of sp³-hybridized carbons (Fsp3) is 0.300. The Labute approximate surface area is 158 Å². The number of hydrogen-bond donors (Lipinski definition) is 1. The van der Waals surface area contributed by atoms with Gasteiger partial charge in [0.2, 0.25) is 5.75 Å². The van der Waals surface area contributed by atoms with Gasteiger partial charge in [0.1, 0.15) is 6.04 Å². The second-order valence-electron chi connectivity index (χ2n) is 5.87. The molecule has 1 unspecified atom stereocenters. The van der Waals surface area contributed by atoms with Gasteiger partial charge in [-0.1, -0.05) is 30.3 Å². The molecule has 2 rings (SSSR count). The molecular formula is C20H23NO6. The first-order chi connectivity index (χ1) is 12.9. The second kappa shape index (κ2) is 8.93. The minimum Gasteiger partial charge on any atom is -0.493 e. The van der Waals surface area contributed by atoms with Gasteiger partial charge >= 0.3 is 5.97 Å². The average Bonchev–Trinajstić information content (AvgIpc) is 2.70. The van der Waals surface area contributed by atoms with Crippen LogP contribution in [0, 0.1) is 0 Å². The van der Waals surface area contributed by atoms with E-state index in [2.05, 4.69) is 0 Å². The van der Waals surface area contributed by atoms with Crippen LogP contribution in [0.4, 0.5) is 0 Å². The molecule has 1 amide bonds. The predicted molar refractivity (Wildman–Crippen MR) is 99.8 cm³/mol. The molecule has 0 radical (unpaired) electrons. The molecule has 0 saturated carbocycles. The summed E-state index contributed by atoms with van der Waals surface area (Å²) in [7, 11) is 5.83. The summed E-state index contributed by atoms with van der Waals surface area (Å²) in [5.41, 5.74) is 1.07. The highest BCUT2D eigenvalue weighted by atomic mass is 16.5. The van der Waals surface area contributed by atoms with E-state index in [1.807, 2.05) is 30.3 Å². The van der Waals surface area contributed by atoms with Crippen LogP contribution in [-0.4, -0.2) is 56.3 Å². The summed E-state index contributed by atoms with van der Waals surface area (Å²) in [4.78, 5) is 25.9. The highest BCUT2D eigenvalue weighted by Gasteiger charge is 2.29. The van der Waals surface area contributed by atoms with E-state index in [-0.39, 0.29) is 12.0 Å². The van der Waals surface area contributed by atoms with E-state index in [1.165, 1.54) is 45.4 Å².